The third kappa shape index (κ3) is 4.52. The third-order valence-electron chi connectivity index (χ3n) is 2.33. The van der Waals surface area contributed by atoms with Crippen LogP contribution in [0.15, 0.2) is 34.7 Å². The summed E-state index contributed by atoms with van der Waals surface area (Å²) >= 11 is 1.41. The molecule has 0 aliphatic rings. The Morgan fingerprint density at radius 2 is 2.15 bits per heavy atom. The van der Waals surface area contributed by atoms with Crippen LogP contribution < -0.4 is 15.9 Å². The van der Waals surface area contributed by atoms with E-state index < -0.39 is 0 Å². The molecule has 0 aliphatic carbocycles. The molecule has 0 fully saturated rings. The molecule has 0 amide bonds. The van der Waals surface area contributed by atoms with Crippen molar-refractivity contribution in [1.29, 1.82) is 0 Å². The van der Waals surface area contributed by atoms with Crippen LogP contribution in [0.5, 0.6) is 5.75 Å². The lowest BCUT2D eigenvalue weighted by atomic mass is 10.2. The van der Waals surface area contributed by atoms with Crippen LogP contribution in [0.3, 0.4) is 0 Å². The normalized spacial score (nSPS) is 10.8. The Balaban J connectivity index is 1.83. The van der Waals surface area contributed by atoms with E-state index in [9.17, 15) is 0 Å². The molecule has 0 unspecified atom stereocenters. The molecule has 0 saturated carbocycles. The lowest BCUT2D eigenvalue weighted by Gasteiger charge is -2.04. The number of aromatic nitrogens is 1. The number of nitrogens with two attached hydrogens (primary N) is 1. The van der Waals surface area contributed by atoms with E-state index in [1.54, 1.807) is 18.7 Å². The monoisotopic (exact) mass is 292 g/mol. The van der Waals surface area contributed by atoms with Gasteiger partial charge in [0.15, 0.2) is 0 Å². The molecule has 106 valence electrons. The number of rotatable bonds is 7. The minimum absolute atomic E-state index is 0.491. The van der Waals surface area contributed by atoms with E-state index in [1.165, 1.54) is 11.3 Å². The number of hydrogen-bond donors (Lipinski definition) is 2. The van der Waals surface area contributed by atoms with E-state index in [0.29, 0.717) is 24.2 Å². The van der Waals surface area contributed by atoms with Crippen molar-refractivity contribution in [3.05, 3.63) is 35.2 Å². The first-order chi connectivity index (χ1) is 9.78. The fraction of sp³-hybridized carbons (Fsp3) is 0.231. The van der Waals surface area contributed by atoms with Crippen molar-refractivity contribution < 1.29 is 9.47 Å². The number of hydrazone groups is 1. The Hall–Kier alpha value is -2.12. The summed E-state index contributed by atoms with van der Waals surface area (Å²) < 4.78 is 10.4. The molecule has 6 nitrogen and oxygen atoms in total. The van der Waals surface area contributed by atoms with Gasteiger partial charge >= 0.3 is 0 Å². The molecule has 2 aromatic rings. The zero-order valence-electron chi connectivity index (χ0n) is 11.1. The molecule has 7 heteroatoms. The Bertz CT molecular complexity index is 554. The van der Waals surface area contributed by atoms with E-state index in [-0.39, 0.29) is 0 Å². The molecule has 2 rings (SSSR count). The van der Waals surface area contributed by atoms with Crippen molar-refractivity contribution in [3.8, 4) is 5.75 Å². The van der Waals surface area contributed by atoms with E-state index in [4.69, 9.17) is 15.2 Å². The van der Waals surface area contributed by atoms with E-state index >= 15 is 0 Å². The number of methoxy groups -OCH3 is 1. The average molecular weight is 292 g/mol. The maximum atomic E-state index is 5.51. The van der Waals surface area contributed by atoms with Crippen LogP contribution in [-0.2, 0) is 4.74 Å². The number of hydrogen-bond acceptors (Lipinski definition) is 7. The second kappa shape index (κ2) is 7.46. The second-order valence-electron chi connectivity index (χ2n) is 3.86. The van der Waals surface area contributed by atoms with Gasteiger partial charge in [-0.15, -0.1) is 11.3 Å². The molecule has 0 atom stereocenters. The van der Waals surface area contributed by atoms with Gasteiger partial charge in [-0.05, 0) is 29.8 Å². The van der Waals surface area contributed by atoms with Crippen molar-refractivity contribution in [3.63, 3.8) is 0 Å². The number of thiazole rings is 1. The van der Waals surface area contributed by atoms with Crippen molar-refractivity contribution in [1.82, 2.24) is 4.98 Å². The Morgan fingerprint density at radius 3 is 2.80 bits per heavy atom. The van der Waals surface area contributed by atoms with E-state index in [1.807, 2.05) is 24.3 Å². The molecule has 1 heterocycles. The molecular formula is C13H16N4O2S. The number of nitrogen functional groups attached to an aromatic ring is 1. The molecule has 1 aromatic heterocycles. The summed E-state index contributed by atoms with van der Waals surface area (Å²) in [4.78, 5) is 4.04. The second-order valence-corrected chi connectivity index (χ2v) is 4.72. The highest BCUT2D eigenvalue weighted by molar-refractivity contribution is 7.14. The molecule has 0 radical (unpaired) electrons. The topological polar surface area (TPSA) is 81.8 Å². The van der Waals surface area contributed by atoms with Gasteiger partial charge < -0.3 is 15.2 Å². The summed E-state index contributed by atoms with van der Waals surface area (Å²) in [7, 11) is 1.64. The predicted octanol–water partition coefficient (Wildman–Crippen LogP) is 2.20. The number of nitrogens with zero attached hydrogens (tertiary/aromatic N) is 2. The largest absolute Gasteiger partial charge is 0.491 e. The first-order valence-electron chi connectivity index (χ1n) is 6.00. The molecule has 0 spiro atoms. The van der Waals surface area contributed by atoms with Crippen LogP contribution in [-0.4, -0.2) is 31.5 Å². The van der Waals surface area contributed by atoms with Gasteiger partial charge in [-0.2, -0.15) is 5.10 Å². The van der Waals surface area contributed by atoms with Gasteiger partial charge in [0.25, 0.3) is 0 Å². The van der Waals surface area contributed by atoms with E-state index in [2.05, 4.69) is 15.5 Å². The van der Waals surface area contributed by atoms with Gasteiger partial charge in [-0.1, -0.05) is 0 Å². The van der Waals surface area contributed by atoms with Gasteiger partial charge in [-0.25, -0.2) is 4.98 Å². The fourth-order valence-corrected chi connectivity index (χ4v) is 1.94. The summed E-state index contributed by atoms with van der Waals surface area (Å²) in [5.74, 6) is 1.30. The maximum absolute atomic E-state index is 5.51. The van der Waals surface area contributed by atoms with Crippen LogP contribution in [0.25, 0.3) is 0 Å². The highest BCUT2D eigenvalue weighted by Crippen LogP contribution is 2.16. The summed E-state index contributed by atoms with van der Waals surface area (Å²) in [5, 5.41) is 6.51. The first kappa shape index (κ1) is 14.3. The Labute approximate surface area is 121 Å². The summed E-state index contributed by atoms with van der Waals surface area (Å²) in [6.45, 7) is 1.11. The fourth-order valence-electron chi connectivity index (χ4n) is 1.39. The first-order valence-corrected chi connectivity index (χ1v) is 6.88. The average Bonchev–Trinajstić information content (AvgIpc) is 2.87. The molecule has 0 bridgehead atoms. The third-order valence-corrected chi connectivity index (χ3v) is 3.10. The summed E-state index contributed by atoms with van der Waals surface area (Å²) in [6.07, 6.45) is 1.70. The van der Waals surface area contributed by atoms with Gasteiger partial charge in [0.2, 0.25) is 5.13 Å². The highest BCUT2D eigenvalue weighted by Gasteiger charge is 1.96. The number of benzene rings is 1. The Morgan fingerprint density at radius 1 is 1.35 bits per heavy atom. The summed E-state index contributed by atoms with van der Waals surface area (Å²) in [6, 6.07) is 7.61. The van der Waals surface area contributed by atoms with Crippen LogP contribution in [0.1, 0.15) is 5.56 Å². The molecule has 0 saturated heterocycles. The Kier molecular flexibility index (Phi) is 5.33. The predicted molar refractivity (Wildman–Crippen MR) is 81.6 cm³/mol. The zero-order chi connectivity index (χ0) is 14.2. The minimum Gasteiger partial charge on any atom is -0.491 e. The molecule has 1 aromatic carbocycles. The quantitative estimate of drug-likeness (QED) is 0.464. The number of ether oxygens (including phenoxy) is 2. The molecule has 0 aliphatic heterocycles. The van der Waals surface area contributed by atoms with Gasteiger partial charge in [-0.3, -0.25) is 5.43 Å². The van der Waals surface area contributed by atoms with Crippen LogP contribution in [0, 0.1) is 0 Å². The number of anilines is 2. The molecular weight excluding hydrogens is 276 g/mol. The minimum atomic E-state index is 0.491. The van der Waals surface area contributed by atoms with E-state index in [0.717, 1.165) is 11.3 Å². The van der Waals surface area contributed by atoms with Gasteiger partial charge in [0, 0.05) is 12.5 Å². The van der Waals surface area contributed by atoms with Crippen LogP contribution >= 0.6 is 11.3 Å². The molecule has 3 N–H and O–H groups in total. The van der Waals surface area contributed by atoms with Gasteiger partial charge in [0.1, 0.15) is 18.2 Å². The van der Waals surface area contributed by atoms with Crippen molar-refractivity contribution in [2.75, 3.05) is 31.5 Å². The lowest BCUT2D eigenvalue weighted by molar-refractivity contribution is 0.146. The highest BCUT2D eigenvalue weighted by atomic mass is 32.1. The lowest BCUT2D eigenvalue weighted by Crippen LogP contribution is -2.04. The van der Waals surface area contributed by atoms with Gasteiger partial charge in [0.05, 0.1) is 12.8 Å². The van der Waals surface area contributed by atoms with Crippen LogP contribution in [0.2, 0.25) is 0 Å². The SMILES string of the molecule is COCCOc1ccc(C=NNc2nc(N)cs2)cc1. The van der Waals surface area contributed by atoms with Crippen molar-refractivity contribution in [2.45, 2.75) is 0 Å². The molecule has 20 heavy (non-hydrogen) atoms. The van der Waals surface area contributed by atoms with Crippen LogP contribution in [0.4, 0.5) is 10.9 Å². The number of nitrogens with one attached hydrogen (secondary N) is 1. The van der Waals surface area contributed by atoms with Crippen molar-refractivity contribution in [2.24, 2.45) is 5.10 Å². The standard InChI is InChI=1S/C13H16N4O2S/c1-18-6-7-19-11-4-2-10(3-5-11)8-15-17-13-16-12(14)9-20-13/h2-5,8-9H,6-7,14H2,1H3,(H,16,17). The smallest absolute Gasteiger partial charge is 0.205 e. The maximum Gasteiger partial charge on any atom is 0.205 e. The summed E-state index contributed by atoms with van der Waals surface area (Å²) in [5.41, 5.74) is 9.29. The van der Waals surface area contributed by atoms with Crippen molar-refractivity contribution >= 4 is 28.5 Å². The zero-order valence-corrected chi connectivity index (χ0v) is 11.9.